The van der Waals surface area contributed by atoms with Crippen LogP contribution in [-0.2, 0) is 0 Å². The molecule has 1 aliphatic rings. The summed E-state index contributed by atoms with van der Waals surface area (Å²) in [6.45, 7) is 7.49. The summed E-state index contributed by atoms with van der Waals surface area (Å²) >= 11 is 0. The van der Waals surface area contributed by atoms with Gasteiger partial charge in [0.05, 0.1) is 0 Å². The van der Waals surface area contributed by atoms with Crippen molar-refractivity contribution in [3.05, 3.63) is 0 Å². The van der Waals surface area contributed by atoms with Gasteiger partial charge in [-0.1, -0.05) is 20.3 Å². The molecule has 1 fully saturated rings. The monoisotopic (exact) mass is 131 g/mol. The van der Waals surface area contributed by atoms with Gasteiger partial charge in [-0.3, -0.25) is 0 Å². The SMILES string of the molecule is CC.CC1CCCCN1.[HH]. The third-order valence-corrected chi connectivity index (χ3v) is 1.56. The molecule has 1 rings (SSSR count). The molecule has 0 aromatic rings. The van der Waals surface area contributed by atoms with Crippen LogP contribution in [0.15, 0.2) is 0 Å². The third-order valence-electron chi connectivity index (χ3n) is 1.56. The lowest BCUT2D eigenvalue weighted by Crippen LogP contribution is -2.30. The highest BCUT2D eigenvalue weighted by Crippen LogP contribution is 2.04. The van der Waals surface area contributed by atoms with Crippen LogP contribution in [0.25, 0.3) is 0 Å². The van der Waals surface area contributed by atoms with Gasteiger partial charge >= 0.3 is 0 Å². The fraction of sp³-hybridized carbons (Fsp3) is 1.00. The molecule has 0 aliphatic carbocycles. The molecular weight excluding hydrogens is 110 g/mol. The first-order valence-corrected chi connectivity index (χ1v) is 4.13. The maximum absolute atomic E-state index is 3.38. The Hall–Kier alpha value is -0.0400. The van der Waals surface area contributed by atoms with Gasteiger partial charge in [0.25, 0.3) is 0 Å². The summed E-state index contributed by atoms with van der Waals surface area (Å²) in [5, 5.41) is 3.38. The van der Waals surface area contributed by atoms with Crippen molar-refractivity contribution in [2.45, 2.75) is 46.1 Å². The summed E-state index contributed by atoms with van der Waals surface area (Å²) in [6, 6.07) is 0.786. The summed E-state index contributed by atoms with van der Waals surface area (Å²) in [6.07, 6.45) is 4.18. The number of hydrogen-bond donors (Lipinski definition) is 1. The van der Waals surface area contributed by atoms with Crippen molar-refractivity contribution < 1.29 is 1.43 Å². The van der Waals surface area contributed by atoms with Crippen molar-refractivity contribution in [2.75, 3.05) is 6.54 Å². The highest BCUT2D eigenvalue weighted by molar-refractivity contribution is 4.65. The molecule has 58 valence electrons. The zero-order valence-electron chi connectivity index (χ0n) is 6.91. The van der Waals surface area contributed by atoms with Crippen molar-refractivity contribution in [3.63, 3.8) is 0 Å². The predicted octanol–water partition coefficient (Wildman–Crippen LogP) is 2.42. The largest absolute Gasteiger partial charge is 0.314 e. The molecule has 1 unspecified atom stereocenters. The molecule has 0 bridgehead atoms. The van der Waals surface area contributed by atoms with Crippen LogP contribution in [0, 0.1) is 0 Å². The van der Waals surface area contributed by atoms with Crippen LogP contribution in [0.2, 0.25) is 0 Å². The van der Waals surface area contributed by atoms with Crippen molar-refractivity contribution in [2.24, 2.45) is 0 Å². The molecule has 0 radical (unpaired) electrons. The van der Waals surface area contributed by atoms with E-state index in [1.54, 1.807) is 0 Å². The van der Waals surface area contributed by atoms with E-state index in [0.717, 1.165) is 6.04 Å². The van der Waals surface area contributed by atoms with Crippen LogP contribution < -0.4 is 5.32 Å². The van der Waals surface area contributed by atoms with E-state index in [2.05, 4.69) is 12.2 Å². The quantitative estimate of drug-likeness (QED) is 0.532. The Bertz CT molecular complexity index is 51.2. The molecule has 1 heteroatoms. The van der Waals surface area contributed by atoms with Gasteiger partial charge in [0.1, 0.15) is 0 Å². The van der Waals surface area contributed by atoms with Crippen LogP contribution in [0.4, 0.5) is 0 Å². The Kier molecular flexibility index (Phi) is 6.06. The van der Waals surface area contributed by atoms with Gasteiger partial charge in [0.15, 0.2) is 0 Å². The Labute approximate surface area is 60.3 Å². The summed E-state index contributed by atoms with van der Waals surface area (Å²) in [5.74, 6) is 0. The van der Waals surface area contributed by atoms with Crippen molar-refractivity contribution in [3.8, 4) is 0 Å². The molecule has 1 aliphatic heterocycles. The summed E-state index contributed by atoms with van der Waals surface area (Å²) in [4.78, 5) is 0. The molecule has 1 nitrogen and oxygen atoms in total. The van der Waals surface area contributed by atoms with E-state index in [1.807, 2.05) is 13.8 Å². The number of piperidine rings is 1. The van der Waals surface area contributed by atoms with E-state index in [9.17, 15) is 0 Å². The molecule has 1 saturated heterocycles. The lowest BCUT2D eigenvalue weighted by molar-refractivity contribution is 0.425. The van der Waals surface area contributed by atoms with Gasteiger partial charge in [0.2, 0.25) is 0 Å². The number of hydrogen-bond acceptors (Lipinski definition) is 1. The molecule has 0 saturated carbocycles. The molecule has 9 heavy (non-hydrogen) atoms. The summed E-state index contributed by atoms with van der Waals surface area (Å²) in [7, 11) is 0. The molecule has 0 amide bonds. The minimum Gasteiger partial charge on any atom is -0.314 e. The first kappa shape index (κ1) is 8.96. The van der Waals surface area contributed by atoms with Gasteiger partial charge in [-0.2, -0.15) is 0 Å². The van der Waals surface area contributed by atoms with Crippen molar-refractivity contribution in [1.82, 2.24) is 5.32 Å². The van der Waals surface area contributed by atoms with E-state index in [0.29, 0.717) is 0 Å². The average Bonchev–Trinajstić information content (AvgIpc) is 1.94. The van der Waals surface area contributed by atoms with Crippen LogP contribution in [-0.4, -0.2) is 12.6 Å². The molecule has 1 heterocycles. The second-order valence-electron chi connectivity index (χ2n) is 2.35. The van der Waals surface area contributed by atoms with Crippen LogP contribution in [0.3, 0.4) is 0 Å². The Morgan fingerprint density at radius 1 is 1.33 bits per heavy atom. The maximum Gasteiger partial charge on any atom is 0.00387 e. The fourth-order valence-electron chi connectivity index (χ4n) is 1.03. The average molecular weight is 131 g/mol. The number of nitrogens with one attached hydrogen (secondary N) is 1. The van der Waals surface area contributed by atoms with Crippen LogP contribution >= 0.6 is 0 Å². The van der Waals surface area contributed by atoms with Crippen LogP contribution in [0.5, 0.6) is 0 Å². The van der Waals surface area contributed by atoms with Crippen LogP contribution in [0.1, 0.15) is 41.5 Å². The standard InChI is InChI=1S/C6H13N.C2H6.H2/c1-6-4-2-3-5-7-6;1-2;/h6-7H,2-5H2,1H3;1-2H3;1H. The van der Waals surface area contributed by atoms with E-state index in [4.69, 9.17) is 0 Å². The lowest BCUT2D eigenvalue weighted by Gasteiger charge is -2.18. The van der Waals surface area contributed by atoms with Gasteiger partial charge in [-0.25, -0.2) is 0 Å². The first-order chi connectivity index (χ1) is 4.39. The van der Waals surface area contributed by atoms with E-state index < -0.39 is 0 Å². The topological polar surface area (TPSA) is 12.0 Å². The molecule has 0 aromatic heterocycles. The molecular formula is C8H21N. The third kappa shape index (κ3) is 4.46. The van der Waals surface area contributed by atoms with E-state index in [1.165, 1.54) is 25.8 Å². The molecule has 0 spiro atoms. The maximum atomic E-state index is 3.38. The van der Waals surface area contributed by atoms with Gasteiger partial charge in [-0.15, -0.1) is 0 Å². The smallest absolute Gasteiger partial charge is 0.00387 e. The van der Waals surface area contributed by atoms with Gasteiger partial charge in [0, 0.05) is 7.47 Å². The van der Waals surface area contributed by atoms with Gasteiger partial charge in [-0.05, 0) is 26.3 Å². The zero-order valence-corrected chi connectivity index (χ0v) is 6.91. The molecule has 1 N–H and O–H groups in total. The Morgan fingerprint density at radius 2 is 2.00 bits per heavy atom. The number of rotatable bonds is 0. The minimum atomic E-state index is 0. The van der Waals surface area contributed by atoms with E-state index >= 15 is 0 Å². The second-order valence-corrected chi connectivity index (χ2v) is 2.35. The van der Waals surface area contributed by atoms with E-state index in [-0.39, 0.29) is 1.43 Å². The first-order valence-electron chi connectivity index (χ1n) is 4.13. The van der Waals surface area contributed by atoms with Crippen molar-refractivity contribution in [1.29, 1.82) is 0 Å². The fourth-order valence-corrected chi connectivity index (χ4v) is 1.03. The summed E-state index contributed by atoms with van der Waals surface area (Å²) in [5.41, 5.74) is 0. The second kappa shape index (κ2) is 6.09. The lowest BCUT2D eigenvalue weighted by atomic mass is 10.1. The predicted molar refractivity (Wildman–Crippen MR) is 44.8 cm³/mol. The molecule has 1 atom stereocenters. The summed E-state index contributed by atoms with van der Waals surface area (Å²) < 4.78 is 0. The van der Waals surface area contributed by atoms with Gasteiger partial charge < -0.3 is 5.32 Å². The normalized spacial score (nSPS) is 26.3. The Morgan fingerprint density at radius 3 is 2.22 bits per heavy atom. The highest BCUT2D eigenvalue weighted by Gasteiger charge is 2.04. The molecule has 0 aromatic carbocycles. The zero-order chi connectivity index (χ0) is 7.11. The van der Waals surface area contributed by atoms with Crippen molar-refractivity contribution >= 4 is 0 Å². The highest BCUT2D eigenvalue weighted by atomic mass is 14.9. The Balaban J connectivity index is 0. The minimum absolute atomic E-state index is 0.